The molecule has 1 amide bonds. The third kappa shape index (κ3) is 4.88. The lowest BCUT2D eigenvalue weighted by Crippen LogP contribution is -2.30. The first-order valence-corrected chi connectivity index (χ1v) is 11.1. The number of carbonyl (C=O) groups is 1. The monoisotopic (exact) mass is 424 g/mol. The molecule has 2 aromatic rings. The number of amides is 1. The lowest BCUT2D eigenvalue weighted by molar-refractivity contribution is -0.125. The van der Waals surface area contributed by atoms with E-state index in [1.165, 1.54) is 16.5 Å². The van der Waals surface area contributed by atoms with E-state index in [-0.39, 0.29) is 11.9 Å². The average molecular weight is 425 g/mol. The van der Waals surface area contributed by atoms with Gasteiger partial charge in [0.2, 0.25) is 5.91 Å². The van der Waals surface area contributed by atoms with Crippen LogP contribution in [0.1, 0.15) is 29.0 Å². The van der Waals surface area contributed by atoms with E-state index in [4.69, 9.17) is 9.97 Å². The van der Waals surface area contributed by atoms with Gasteiger partial charge in [0.05, 0.1) is 5.69 Å². The number of rotatable bonds is 7. The van der Waals surface area contributed by atoms with Crippen LogP contribution in [0.3, 0.4) is 0 Å². The molecule has 0 radical (unpaired) electrons. The Morgan fingerprint density at radius 1 is 1.37 bits per heavy atom. The standard InChI is InChI=1S/C22H28N6OS/c1-4-21(29)28-10-9-16(14-28)23-19-11-15(13-27(2)3)12-20(25-19)26-22-24-17-7-5-6-8-18(17)30-22/h4-5,7,11-12,16H,1,6,8-10,13-14H2,2-3H3,(H2,23,24,25,26). The number of nitrogens with one attached hydrogen (secondary N) is 2. The zero-order chi connectivity index (χ0) is 21.1. The number of fused-ring (bicyclic) bond motifs is 1. The van der Waals surface area contributed by atoms with E-state index in [2.05, 4.69) is 60.5 Å². The fourth-order valence-corrected chi connectivity index (χ4v) is 4.81. The van der Waals surface area contributed by atoms with Gasteiger partial charge in [0.25, 0.3) is 0 Å². The molecular weight excluding hydrogens is 396 g/mol. The van der Waals surface area contributed by atoms with Crippen LogP contribution in [-0.2, 0) is 17.8 Å². The van der Waals surface area contributed by atoms with Gasteiger partial charge >= 0.3 is 0 Å². The molecule has 30 heavy (non-hydrogen) atoms. The fraction of sp³-hybridized carbons (Fsp3) is 0.409. The summed E-state index contributed by atoms with van der Waals surface area (Å²) in [4.78, 5) is 26.6. The minimum atomic E-state index is -0.0160. The number of nitrogens with zero attached hydrogens (tertiary/aromatic N) is 4. The van der Waals surface area contributed by atoms with Crippen molar-refractivity contribution in [3.05, 3.63) is 47.0 Å². The average Bonchev–Trinajstić information content (AvgIpc) is 3.33. The zero-order valence-electron chi connectivity index (χ0n) is 17.5. The summed E-state index contributed by atoms with van der Waals surface area (Å²) < 4.78 is 0. The van der Waals surface area contributed by atoms with E-state index in [1.807, 2.05) is 4.90 Å². The third-order valence-corrected chi connectivity index (χ3v) is 6.23. The van der Waals surface area contributed by atoms with Crippen molar-refractivity contribution in [2.45, 2.75) is 31.8 Å². The molecule has 2 N–H and O–H groups in total. The number of allylic oxidation sites excluding steroid dienone is 1. The van der Waals surface area contributed by atoms with E-state index < -0.39 is 0 Å². The minimum Gasteiger partial charge on any atom is -0.365 e. The molecule has 7 nitrogen and oxygen atoms in total. The number of carbonyl (C=O) groups excluding carboxylic acids is 1. The van der Waals surface area contributed by atoms with Gasteiger partial charge in [-0.3, -0.25) is 4.79 Å². The minimum absolute atomic E-state index is 0.0160. The Balaban J connectivity index is 1.52. The predicted molar refractivity (Wildman–Crippen MR) is 123 cm³/mol. The molecule has 1 aliphatic carbocycles. The van der Waals surface area contributed by atoms with Crippen LogP contribution in [0.5, 0.6) is 0 Å². The highest BCUT2D eigenvalue weighted by atomic mass is 32.1. The summed E-state index contributed by atoms with van der Waals surface area (Å²) in [6.45, 7) is 5.80. The molecular formula is C22H28N6OS. The second-order valence-electron chi connectivity index (χ2n) is 8.00. The van der Waals surface area contributed by atoms with Gasteiger partial charge in [-0.2, -0.15) is 0 Å². The molecule has 0 aromatic carbocycles. The van der Waals surface area contributed by atoms with E-state index >= 15 is 0 Å². The lowest BCUT2D eigenvalue weighted by atomic mass is 10.1. The van der Waals surface area contributed by atoms with E-state index in [0.717, 1.165) is 54.8 Å². The number of pyridine rings is 1. The molecule has 2 aliphatic rings. The van der Waals surface area contributed by atoms with Crippen molar-refractivity contribution in [2.24, 2.45) is 0 Å². The SMILES string of the molecule is C=CC(=O)N1CCC(Nc2cc(CN(C)C)cc(Nc3nc4c(s3)CCC=C4)n2)C1. The first-order valence-electron chi connectivity index (χ1n) is 10.3. The van der Waals surface area contributed by atoms with Crippen LogP contribution < -0.4 is 10.6 Å². The van der Waals surface area contributed by atoms with Crippen LogP contribution >= 0.6 is 11.3 Å². The zero-order valence-corrected chi connectivity index (χ0v) is 18.3. The van der Waals surface area contributed by atoms with E-state index in [0.29, 0.717) is 6.54 Å². The number of hydrogen-bond donors (Lipinski definition) is 2. The Labute approximate surface area is 181 Å². The summed E-state index contributed by atoms with van der Waals surface area (Å²) in [7, 11) is 4.11. The lowest BCUT2D eigenvalue weighted by Gasteiger charge is -2.18. The molecule has 0 saturated carbocycles. The molecule has 4 rings (SSSR count). The van der Waals surface area contributed by atoms with Crippen molar-refractivity contribution in [1.82, 2.24) is 19.8 Å². The molecule has 3 heterocycles. The third-order valence-electron chi connectivity index (χ3n) is 5.19. The van der Waals surface area contributed by atoms with Gasteiger partial charge in [-0.05, 0) is 63.2 Å². The maximum atomic E-state index is 11.9. The summed E-state index contributed by atoms with van der Waals surface area (Å²) >= 11 is 1.70. The smallest absolute Gasteiger partial charge is 0.246 e. The van der Waals surface area contributed by atoms with Gasteiger partial charge in [0.15, 0.2) is 5.13 Å². The summed E-state index contributed by atoms with van der Waals surface area (Å²) in [6, 6.07) is 4.34. The van der Waals surface area contributed by atoms with Crippen molar-refractivity contribution in [3.63, 3.8) is 0 Å². The number of likely N-dealkylation sites (tertiary alicyclic amines) is 1. The van der Waals surface area contributed by atoms with Crippen molar-refractivity contribution in [2.75, 3.05) is 37.8 Å². The number of hydrogen-bond acceptors (Lipinski definition) is 7. The van der Waals surface area contributed by atoms with Crippen LogP contribution in [0.4, 0.5) is 16.8 Å². The number of aromatic nitrogens is 2. The first kappa shape index (κ1) is 20.6. The van der Waals surface area contributed by atoms with Crippen LogP contribution in [0.15, 0.2) is 30.9 Å². The van der Waals surface area contributed by atoms with Crippen molar-refractivity contribution in [3.8, 4) is 0 Å². The predicted octanol–water partition coefficient (Wildman–Crippen LogP) is 3.50. The molecule has 0 bridgehead atoms. The van der Waals surface area contributed by atoms with Crippen LogP contribution in [0.25, 0.3) is 6.08 Å². The summed E-state index contributed by atoms with van der Waals surface area (Å²) in [5.74, 6) is 1.58. The summed E-state index contributed by atoms with van der Waals surface area (Å²) in [6.07, 6.45) is 8.67. The van der Waals surface area contributed by atoms with Gasteiger partial charge in [-0.1, -0.05) is 12.7 Å². The van der Waals surface area contributed by atoms with Gasteiger partial charge in [-0.25, -0.2) is 9.97 Å². The molecule has 0 spiro atoms. The quantitative estimate of drug-likeness (QED) is 0.663. The number of anilines is 3. The Bertz CT molecular complexity index is 967. The Morgan fingerprint density at radius 2 is 2.20 bits per heavy atom. The number of aryl methyl sites for hydroxylation is 1. The van der Waals surface area contributed by atoms with Crippen molar-refractivity contribution < 1.29 is 4.79 Å². The van der Waals surface area contributed by atoms with Crippen LogP contribution in [0, 0.1) is 0 Å². The van der Waals surface area contributed by atoms with Crippen LogP contribution in [0.2, 0.25) is 0 Å². The molecule has 1 saturated heterocycles. The molecule has 2 aromatic heterocycles. The second-order valence-corrected chi connectivity index (χ2v) is 9.08. The summed E-state index contributed by atoms with van der Waals surface area (Å²) in [5.41, 5.74) is 2.23. The Morgan fingerprint density at radius 3 is 2.97 bits per heavy atom. The molecule has 1 fully saturated rings. The van der Waals surface area contributed by atoms with Gasteiger partial charge in [0.1, 0.15) is 11.6 Å². The molecule has 1 unspecified atom stereocenters. The normalized spacial score (nSPS) is 17.8. The largest absolute Gasteiger partial charge is 0.365 e. The van der Waals surface area contributed by atoms with Crippen molar-refractivity contribution >= 4 is 40.1 Å². The Hall–Kier alpha value is -2.71. The highest BCUT2D eigenvalue weighted by molar-refractivity contribution is 7.15. The first-order chi connectivity index (χ1) is 14.5. The summed E-state index contributed by atoms with van der Waals surface area (Å²) in [5, 5.41) is 7.79. The van der Waals surface area contributed by atoms with E-state index in [9.17, 15) is 4.79 Å². The molecule has 158 valence electrons. The van der Waals surface area contributed by atoms with Crippen molar-refractivity contribution in [1.29, 1.82) is 0 Å². The molecule has 1 atom stereocenters. The Kier molecular flexibility index (Phi) is 6.15. The second kappa shape index (κ2) is 8.97. The molecule has 8 heteroatoms. The maximum Gasteiger partial charge on any atom is 0.246 e. The van der Waals surface area contributed by atoms with Crippen LogP contribution in [-0.4, -0.2) is 58.9 Å². The fourth-order valence-electron chi connectivity index (χ4n) is 3.84. The van der Waals surface area contributed by atoms with Gasteiger partial charge in [0, 0.05) is 30.6 Å². The highest BCUT2D eigenvalue weighted by Crippen LogP contribution is 2.30. The van der Waals surface area contributed by atoms with E-state index in [1.54, 1.807) is 11.3 Å². The highest BCUT2D eigenvalue weighted by Gasteiger charge is 2.25. The molecule has 1 aliphatic heterocycles. The maximum absolute atomic E-state index is 11.9. The number of thiazole rings is 1. The topological polar surface area (TPSA) is 73.4 Å². The van der Waals surface area contributed by atoms with Gasteiger partial charge in [-0.15, -0.1) is 11.3 Å². The van der Waals surface area contributed by atoms with Gasteiger partial charge < -0.3 is 20.4 Å².